The Labute approximate surface area is 77.1 Å². The van der Waals surface area contributed by atoms with E-state index in [1.807, 2.05) is 6.92 Å². The normalized spacial score (nSPS) is 32.5. The second kappa shape index (κ2) is 3.47. The van der Waals surface area contributed by atoms with Crippen molar-refractivity contribution >= 4 is 5.97 Å². The number of hydrogen-bond donors (Lipinski definition) is 1. The molecule has 4 heteroatoms. The molecule has 0 amide bonds. The highest BCUT2D eigenvalue weighted by Gasteiger charge is 2.37. The molecule has 4 nitrogen and oxygen atoms in total. The molecule has 1 aliphatic heterocycles. The molecule has 1 saturated heterocycles. The lowest BCUT2D eigenvalue weighted by Gasteiger charge is -2.15. The van der Waals surface area contributed by atoms with Crippen LogP contribution in [0, 0.1) is 0 Å². The SMILES string of the molecule is C[C@@H]1OC(C)(C)O[C@@H]1/C=C/C(=O)O. The van der Waals surface area contributed by atoms with Crippen molar-refractivity contribution in [2.75, 3.05) is 0 Å². The molecule has 0 spiro atoms. The lowest BCUT2D eigenvalue weighted by atomic mass is 10.2. The number of hydrogen-bond acceptors (Lipinski definition) is 3. The first-order chi connectivity index (χ1) is 5.91. The van der Waals surface area contributed by atoms with Crippen LogP contribution in [0.4, 0.5) is 0 Å². The fourth-order valence-corrected chi connectivity index (χ4v) is 1.34. The molecule has 1 rings (SSSR count). The van der Waals surface area contributed by atoms with E-state index in [-0.39, 0.29) is 12.2 Å². The predicted octanol–water partition coefficient (Wildman–Crippen LogP) is 1.17. The van der Waals surface area contributed by atoms with E-state index in [4.69, 9.17) is 14.6 Å². The number of carboxylic acids is 1. The maximum Gasteiger partial charge on any atom is 0.328 e. The Morgan fingerprint density at radius 3 is 2.46 bits per heavy atom. The van der Waals surface area contributed by atoms with Gasteiger partial charge in [0, 0.05) is 6.08 Å². The van der Waals surface area contributed by atoms with E-state index in [9.17, 15) is 4.79 Å². The van der Waals surface area contributed by atoms with Gasteiger partial charge in [-0.1, -0.05) is 0 Å². The van der Waals surface area contributed by atoms with Gasteiger partial charge >= 0.3 is 5.97 Å². The van der Waals surface area contributed by atoms with Crippen molar-refractivity contribution in [3.05, 3.63) is 12.2 Å². The number of ether oxygens (including phenoxy) is 2. The highest BCUT2D eigenvalue weighted by Crippen LogP contribution is 2.28. The fourth-order valence-electron chi connectivity index (χ4n) is 1.34. The van der Waals surface area contributed by atoms with Gasteiger partial charge in [0.2, 0.25) is 0 Å². The summed E-state index contributed by atoms with van der Waals surface area (Å²) in [5.41, 5.74) is 0. The molecule has 0 bridgehead atoms. The third kappa shape index (κ3) is 2.82. The number of carboxylic acid groups (broad SMARTS) is 1. The second-order valence-electron chi connectivity index (χ2n) is 3.50. The molecule has 0 aromatic heterocycles. The molecule has 1 heterocycles. The van der Waals surface area contributed by atoms with Crippen LogP contribution in [0.15, 0.2) is 12.2 Å². The Kier molecular flexibility index (Phi) is 2.73. The van der Waals surface area contributed by atoms with Crippen molar-refractivity contribution < 1.29 is 19.4 Å². The van der Waals surface area contributed by atoms with E-state index >= 15 is 0 Å². The van der Waals surface area contributed by atoms with Gasteiger partial charge < -0.3 is 14.6 Å². The quantitative estimate of drug-likeness (QED) is 0.657. The van der Waals surface area contributed by atoms with E-state index in [0.717, 1.165) is 6.08 Å². The van der Waals surface area contributed by atoms with Crippen LogP contribution in [0.1, 0.15) is 20.8 Å². The second-order valence-corrected chi connectivity index (χ2v) is 3.50. The molecule has 74 valence electrons. The molecule has 0 unspecified atom stereocenters. The zero-order chi connectivity index (χ0) is 10.1. The summed E-state index contributed by atoms with van der Waals surface area (Å²) in [7, 11) is 0. The monoisotopic (exact) mass is 186 g/mol. The third-order valence-corrected chi connectivity index (χ3v) is 1.78. The van der Waals surface area contributed by atoms with Gasteiger partial charge in [-0.05, 0) is 26.8 Å². The number of aliphatic carboxylic acids is 1. The summed E-state index contributed by atoms with van der Waals surface area (Å²) in [4.78, 5) is 10.2. The van der Waals surface area contributed by atoms with E-state index < -0.39 is 11.8 Å². The summed E-state index contributed by atoms with van der Waals surface area (Å²) >= 11 is 0. The van der Waals surface area contributed by atoms with E-state index in [1.54, 1.807) is 13.8 Å². The summed E-state index contributed by atoms with van der Waals surface area (Å²) < 4.78 is 10.9. The maximum atomic E-state index is 10.2. The van der Waals surface area contributed by atoms with Crippen molar-refractivity contribution in [2.24, 2.45) is 0 Å². The predicted molar refractivity (Wildman–Crippen MR) is 46.3 cm³/mol. The first-order valence-electron chi connectivity index (χ1n) is 4.17. The molecular formula is C9H14O4. The van der Waals surface area contributed by atoms with Gasteiger partial charge in [-0.25, -0.2) is 4.79 Å². The van der Waals surface area contributed by atoms with Crippen LogP contribution in [-0.2, 0) is 14.3 Å². The first-order valence-corrected chi connectivity index (χ1v) is 4.17. The average molecular weight is 186 g/mol. The van der Waals surface area contributed by atoms with Crippen molar-refractivity contribution in [2.45, 2.75) is 38.8 Å². The van der Waals surface area contributed by atoms with E-state index in [2.05, 4.69) is 0 Å². The highest BCUT2D eigenvalue weighted by molar-refractivity contribution is 5.79. The Balaban J connectivity index is 2.58. The largest absolute Gasteiger partial charge is 0.478 e. The molecule has 2 atom stereocenters. The Hall–Kier alpha value is -0.870. The fraction of sp³-hybridized carbons (Fsp3) is 0.667. The molecule has 0 aromatic rings. The lowest BCUT2D eigenvalue weighted by molar-refractivity contribution is -0.141. The highest BCUT2D eigenvalue weighted by atomic mass is 16.7. The zero-order valence-electron chi connectivity index (χ0n) is 7.98. The van der Waals surface area contributed by atoms with Gasteiger partial charge in [-0.15, -0.1) is 0 Å². The molecular weight excluding hydrogens is 172 g/mol. The third-order valence-electron chi connectivity index (χ3n) is 1.78. The minimum Gasteiger partial charge on any atom is -0.478 e. The minimum absolute atomic E-state index is 0.106. The molecule has 13 heavy (non-hydrogen) atoms. The van der Waals surface area contributed by atoms with Gasteiger partial charge in [-0.3, -0.25) is 0 Å². The van der Waals surface area contributed by atoms with Crippen LogP contribution in [0.25, 0.3) is 0 Å². The van der Waals surface area contributed by atoms with Crippen molar-refractivity contribution in [3.63, 3.8) is 0 Å². The molecule has 1 fully saturated rings. The first kappa shape index (κ1) is 10.2. The van der Waals surface area contributed by atoms with Gasteiger partial charge in [-0.2, -0.15) is 0 Å². The molecule has 1 N–H and O–H groups in total. The molecule has 0 aliphatic carbocycles. The summed E-state index contributed by atoms with van der Waals surface area (Å²) in [6, 6.07) is 0. The number of rotatable bonds is 2. The van der Waals surface area contributed by atoms with E-state index in [0.29, 0.717) is 0 Å². The standard InChI is InChI=1S/C9H14O4/c1-6-7(4-5-8(10)11)13-9(2,3)12-6/h4-7H,1-3H3,(H,10,11)/b5-4+/t6-,7+/m0/s1. The van der Waals surface area contributed by atoms with Gasteiger partial charge in [0.15, 0.2) is 5.79 Å². The van der Waals surface area contributed by atoms with Gasteiger partial charge in [0.05, 0.1) is 6.10 Å². The summed E-state index contributed by atoms with van der Waals surface area (Å²) in [6.07, 6.45) is 2.20. The van der Waals surface area contributed by atoms with Crippen molar-refractivity contribution in [3.8, 4) is 0 Å². The van der Waals surface area contributed by atoms with Crippen LogP contribution in [-0.4, -0.2) is 29.1 Å². The van der Waals surface area contributed by atoms with Gasteiger partial charge in [0.1, 0.15) is 6.10 Å². The van der Waals surface area contributed by atoms with Crippen molar-refractivity contribution in [1.29, 1.82) is 0 Å². The topological polar surface area (TPSA) is 55.8 Å². The van der Waals surface area contributed by atoms with Crippen LogP contribution < -0.4 is 0 Å². The van der Waals surface area contributed by atoms with Crippen LogP contribution in [0.2, 0.25) is 0 Å². The minimum atomic E-state index is -0.972. The Bertz CT molecular complexity index is 232. The Morgan fingerprint density at radius 1 is 1.46 bits per heavy atom. The molecule has 1 aliphatic rings. The molecule has 0 saturated carbocycles. The Morgan fingerprint density at radius 2 is 2.08 bits per heavy atom. The van der Waals surface area contributed by atoms with Crippen LogP contribution in [0.5, 0.6) is 0 Å². The summed E-state index contributed by atoms with van der Waals surface area (Å²) in [5, 5.41) is 8.41. The van der Waals surface area contributed by atoms with Crippen LogP contribution >= 0.6 is 0 Å². The smallest absolute Gasteiger partial charge is 0.328 e. The zero-order valence-corrected chi connectivity index (χ0v) is 7.98. The molecule has 0 radical (unpaired) electrons. The number of carbonyl (C=O) groups is 1. The maximum absolute atomic E-state index is 10.2. The van der Waals surface area contributed by atoms with Crippen molar-refractivity contribution in [1.82, 2.24) is 0 Å². The average Bonchev–Trinajstić information content (AvgIpc) is 2.20. The lowest BCUT2D eigenvalue weighted by Crippen LogP contribution is -2.20. The molecule has 0 aromatic carbocycles. The van der Waals surface area contributed by atoms with Gasteiger partial charge in [0.25, 0.3) is 0 Å². The summed E-state index contributed by atoms with van der Waals surface area (Å²) in [5.74, 6) is -1.59. The summed E-state index contributed by atoms with van der Waals surface area (Å²) in [6.45, 7) is 5.46. The van der Waals surface area contributed by atoms with E-state index in [1.165, 1.54) is 6.08 Å². The van der Waals surface area contributed by atoms with Crippen LogP contribution in [0.3, 0.4) is 0 Å².